The van der Waals surface area contributed by atoms with Gasteiger partial charge in [-0.3, -0.25) is 9.59 Å². The first-order valence-electron chi connectivity index (χ1n) is 10.7. The van der Waals surface area contributed by atoms with E-state index in [4.69, 9.17) is 0 Å². The van der Waals surface area contributed by atoms with Gasteiger partial charge in [-0.05, 0) is 63.2 Å². The summed E-state index contributed by atoms with van der Waals surface area (Å²) in [6.45, 7) is 8.39. The zero-order valence-corrected chi connectivity index (χ0v) is 18.5. The molecule has 0 atom stereocenters. The van der Waals surface area contributed by atoms with Crippen LogP contribution in [-0.4, -0.2) is 60.4 Å². The maximum atomic E-state index is 12.9. The summed E-state index contributed by atoms with van der Waals surface area (Å²) >= 11 is 0. The van der Waals surface area contributed by atoms with Gasteiger partial charge in [-0.25, -0.2) is 0 Å². The van der Waals surface area contributed by atoms with E-state index in [0.29, 0.717) is 24.7 Å². The van der Waals surface area contributed by atoms with Crippen molar-refractivity contribution in [2.45, 2.75) is 33.0 Å². The molecule has 0 bridgehead atoms. The van der Waals surface area contributed by atoms with Crippen molar-refractivity contribution in [2.75, 3.05) is 37.6 Å². The van der Waals surface area contributed by atoms with Gasteiger partial charge in [-0.15, -0.1) is 0 Å². The maximum Gasteiger partial charge on any atom is 0.416 e. The molecule has 32 heavy (non-hydrogen) atoms. The zero-order valence-electron chi connectivity index (χ0n) is 18.5. The Hall–Kier alpha value is -3.03. The number of nitrogens with zero attached hydrogens (tertiary/aromatic N) is 3. The highest BCUT2D eigenvalue weighted by Crippen LogP contribution is 2.30. The molecule has 1 aliphatic heterocycles. The number of piperazine rings is 1. The van der Waals surface area contributed by atoms with E-state index in [1.807, 2.05) is 24.3 Å². The molecule has 1 heterocycles. The molecule has 1 fully saturated rings. The first-order valence-corrected chi connectivity index (χ1v) is 10.7. The van der Waals surface area contributed by atoms with Crippen molar-refractivity contribution in [3.8, 4) is 0 Å². The van der Waals surface area contributed by atoms with Gasteiger partial charge < -0.3 is 14.7 Å². The van der Waals surface area contributed by atoms with Gasteiger partial charge in [0.05, 0.1) is 5.56 Å². The summed E-state index contributed by atoms with van der Waals surface area (Å²) in [4.78, 5) is 30.9. The van der Waals surface area contributed by atoms with E-state index in [0.717, 1.165) is 24.4 Å². The highest BCUT2D eigenvalue weighted by Gasteiger charge is 2.32. The lowest BCUT2D eigenvalue weighted by atomic mass is 10.1. The molecule has 0 unspecified atom stereocenters. The van der Waals surface area contributed by atoms with Crippen LogP contribution in [0.2, 0.25) is 0 Å². The van der Waals surface area contributed by atoms with E-state index in [-0.39, 0.29) is 24.6 Å². The monoisotopic (exact) mass is 447 g/mol. The van der Waals surface area contributed by atoms with Crippen LogP contribution in [0.25, 0.3) is 0 Å². The van der Waals surface area contributed by atoms with Gasteiger partial charge in [0, 0.05) is 55.6 Å². The van der Waals surface area contributed by atoms with Crippen LogP contribution in [0.3, 0.4) is 0 Å². The number of carbonyl (C=O) groups is 2. The molecule has 1 aliphatic rings. The third kappa shape index (κ3) is 5.23. The van der Waals surface area contributed by atoms with E-state index in [1.54, 1.807) is 4.90 Å². The molecule has 172 valence electrons. The number of rotatable bonds is 5. The molecule has 1 saturated heterocycles. The molecule has 0 radical (unpaired) electrons. The second kappa shape index (κ2) is 9.63. The van der Waals surface area contributed by atoms with Crippen LogP contribution in [0, 0.1) is 0 Å². The number of amides is 2. The zero-order chi connectivity index (χ0) is 23.5. The number of alkyl halides is 3. The number of anilines is 1. The Kier molecular flexibility index (Phi) is 7.11. The fourth-order valence-electron chi connectivity index (χ4n) is 3.95. The minimum absolute atomic E-state index is 0.000760. The Morgan fingerprint density at radius 1 is 0.906 bits per heavy atom. The number of hydrogen-bond acceptors (Lipinski definition) is 3. The van der Waals surface area contributed by atoms with Crippen LogP contribution in [0.4, 0.5) is 18.9 Å². The molecule has 5 nitrogen and oxygen atoms in total. The van der Waals surface area contributed by atoms with Gasteiger partial charge in [-0.1, -0.05) is 6.07 Å². The molecule has 0 aliphatic carbocycles. The molecule has 0 N–H and O–H groups in total. The number of benzene rings is 2. The van der Waals surface area contributed by atoms with E-state index in [1.165, 1.54) is 17.0 Å². The topological polar surface area (TPSA) is 43.9 Å². The van der Waals surface area contributed by atoms with Gasteiger partial charge >= 0.3 is 6.18 Å². The standard InChI is InChI=1S/C24H28F3N3O2/c1-4-30(17(2)3)21-10-8-18(9-11-21)22(31)28-12-14-29(15-13-28)23(32)19-6-5-7-20(16-19)24(25,26)27/h5-11,16-17H,4,12-15H2,1-3H3. The van der Waals surface area contributed by atoms with Gasteiger partial charge in [0.1, 0.15) is 0 Å². The Morgan fingerprint density at radius 2 is 1.44 bits per heavy atom. The minimum atomic E-state index is -4.50. The highest BCUT2D eigenvalue weighted by atomic mass is 19.4. The highest BCUT2D eigenvalue weighted by molar-refractivity contribution is 5.96. The molecule has 0 saturated carbocycles. The summed E-state index contributed by atoms with van der Waals surface area (Å²) in [5, 5.41) is 0. The van der Waals surface area contributed by atoms with Crippen molar-refractivity contribution in [3.63, 3.8) is 0 Å². The predicted octanol–water partition coefficient (Wildman–Crippen LogP) is 4.54. The number of carbonyl (C=O) groups excluding carboxylic acids is 2. The van der Waals surface area contributed by atoms with E-state index >= 15 is 0 Å². The van der Waals surface area contributed by atoms with Crippen LogP contribution < -0.4 is 4.90 Å². The quantitative estimate of drug-likeness (QED) is 0.676. The lowest BCUT2D eigenvalue weighted by molar-refractivity contribution is -0.137. The first-order chi connectivity index (χ1) is 15.1. The van der Waals surface area contributed by atoms with Crippen LogP contribution in [0.1, 0.15) is 47.1 Å². The molecule has 8 heteroatoms. The van der Waals surface area contributed by atoms with Gasteiger partial charge in [-0.2, -0.15) is 13.2 Å². The molecule has 2 aromatic rings. The van der Waals surface area contributed by atoms with Crippen molar-refractivity contribution in [2.24, 2.45) is 0 Å². The van der Waals surface area contributed by atoms with Crippen LogP contribution in [-0.2, 0) is 6.18 Å². The van der Waals surface area contributed by atoms with Crippen molar-refractivity contribution >= 4 is 17.5 Å². The normalized spacial score (nSPS) is 14.6. The molecule has 0 spiro atoms. The van der Waals surface area contributed by atoms with E-state index < -0.39 is 17.6 Å². The summed E-state index contributed by atoms with van der Waals surface area (Å²) in [6.07, 6.45) is -4.50. The Bertz CT molecular complexity index is 950. The Morgan fingerprint density at radius 3 is 1.91 bits per heavy atom. The van der Waals surface area contributed by atoms with Crippen molar-refractivity contribution < 1.29 is 22.8 Å². The second-order valence-corrected chi connectivity index (χ2v) is 8.09. The molecule has 2 aromatic carbocycles. The lowest BCUT2D eigenvalue weighted by Crippen LogP contribution is -2.50. The smallest absolute Gasteiger partial charge is 0.369 e. The Balaban J connectivity index is 1.62. The SMILES string of the molecule is CCN(c1ccc(C(=O)N2CCN(C(=O)c3cccc(C(F)(F)F)c3)CC2)cc1)C(C)C. The van der Waals surface area contributed by atoms with Crippen molar-refractivity contribution in [1.29, 1.82) is 0 Å². The predicted molar refractivity (Wildman–Crippen MR) is 118 cm³/mol. The summed E-state index contributed by atoms with van der Waals surface area (Å²) in [6, 6.07) is 12.3. The fraction of sp³-hybridized carbons (Fsp3) is 0.417. The molecule has 0 aromatic heterocycles. The average molecular weight is 448 g/mol. The Labute approximate surface area is 186 Å². The summed E-state index contributed by atoms with van der Waals surface area (Å²) in [5.74, 6) is -0.573. The average Bonchev–Trinajstić information content (AvgIpc) is 2.78. The van der Waals surface area contributed by atoms with Crippen LogP contribution in [0.5, 0.6) is 0 Å². The van der Waals surface area contributed by atoms with Crippen LogP contribution in [0.15, 0.2) is 48.5 Å². The minimum Gasteiger partial charge on any atom is -0.369 e. The largest absolute Gasteiger partial charge is 0.416 e. The molecular formula is C24H28F3N3O2. The summed E-state index contributed by atoms with van der Waals surface area (Å²) in [5.41, 5.74) is 0.780. The van der Waals surface area contributed by atoms with E-state index in [2.05, 4.69) is 25.7 Å². The fourth-order valence-corrected chi connectivity index (χ4v) is 3.95. The molecule has 2 amide bonds. The number of hydrogen-bond donors (Lipinski definition) is 0. The summed E-state index contributed by atoms with van der Waals surface area (Å²) in [7, 11) is 0. The van der Waals surface area contributed by atoms with Gasteiger partial charge in [0.25, 0.3) is 11.8 Å². The molecule has 3 rings (SSSR count). The maximum absolute atomic E-state index is 12.9. The van der Waals surface area contributed by atoms with Crippen molar-refractivity contribution in [1.82, 2.24) is 9.80 Å². The summed E-state index contributed by atoms with van der Waals surface area (Å²) < 4.78 is 38.8. The second-order valence-electron chi connectivity index (χ2n) is 8.09. The van der Waals surface area contributed by atoms with E-state index in [9.17, 15) is 22.8 Å². The number of halogens is 3. The lowest BCUT2D eigenvalue weighted by Gasteiger charge is -2.35. The van der Waals surface area contributed by atoms with Gasteiger partial charge in [0.15, 0.2) is 0 Å². The van der Waals surface area contributed by atoms with Crippen LogP contribution >= 0.6 is 0 Å². The first kappa shape index (κ1) is 23.6. The molecular weight excluding hydrogens is 419 g/mol. The van der Waals surface area contributed by atoms with Gasteiger partial charge in [0.2, 0.25) is 0 Å². The van der Waals surface area contributed by atoms with Crippen molar-refractivity contribution in [3.05, 3.63) is 65.2 Å². The third-order valence-electron chi connectivity index (χ3n) is 5.70. The third-order valence-corrected chi connectivity index (χ3v) is 5.70.